The average Bonchev–Trinajstić information content (AvgIpc) is 3.00. The third-order valence-electron chi connectivity index (χ3n) is 3.37. The lowest BCUT2D eigenvalue weighted by molar-refractivity contribution is 0.0510. The highest BCUT2D eigenvalue weighted by molar-refractivity contribution is 5.86. The fourth-order valence-corrected chi connectivity index (χ4v) is 2.31. The van der Waals surface area contributed by atoms with E-state index in [1.807, 2.05) is 18.2 Å². The summed E-state index contributed by atoms with van der Waals surface area (Å²) in [6, 6.07) is 9.02. The number of fused-ring (bicyclic) bond motifs is 1. The molecule has 0 fully saturated rings. The summed E-state index contributed by atoms with van der Waals surface area (Å²) >= 11 is 0. The summed E-state index contributed by atoms with van der Waals surface area (Å²) in [7, 11) is 0. The molecule has 1 aromatic carbocycles. The highest BCUT2D eigenvalue weighted by atomic mass is 16.5. The molecule has 0 unspecified atom stereocenters. The molecule has 0 radical (unpaired) electrons. The molecule has 0 saturated carbocycles. The Kier molecular flexibility index (Phi) is 4.29. The molecule has 0 saturated heterocycles. The first-order valence-corrected chi connectivity index (χ1v) is 7.51. The van der Waals surface area contributed by atoms with Crippen LogP contribution in [-0.2, 0) is 4.74 Å². The van der Waals surface area contributed by atoms with Gasteiger partial charge < -0.3 is 15.2 Å². The maximum atomic E-state index is 12.8. The number of carbonyl (C=O) groups excluding carboxylic acids is 1. The van der Waals surface area contributed by atoms with E-state index in [4.69, 9.17) is 4.74 Å². The van der Waals surface area contributed by atoms with Crippen molar-refractivity contribution in [2.45, 2.75) is 13.8 Å². The molecule has 0 spiro atoms. The highest BCUT2D eigenvalue weighted by Crippen LogP contribution is 2.11. The Bertz CT molecular complexity index is 1040. The monoisotopic (exact) mass is 341 g/mol. The fourth-order valence-electron chi connectivity index (χ4n) is 2.31. The van der Waals surface area contributed by atoms with E-state index < -0.39 is 11.5 Å². The van der Waals surface area contributed by atoms with Crippen molar-refractivity contribution < 1.29 is 14.6 Å². The quantitative estimate of drug-likeness (QED) is 0.669. The van der Waals surface area contributed by atoms with E-state index in [1.54, 1.807) is 19.1 Å². The van der Waals surface area contributed by atoms with Gasteiger partial charge in [-0.2, -0.15) is 4.98 Å². The van der Waals surface area contributed by atoms with Gasteiger partial charge in [0.1, 0.15) is 11.0 Å². The Morgan fingerprint density at radius 2 is 2.00 bits per heavy atom. The van der Waals surface area contributed by atoms with Crippen LogP contribution >= 0.6 is 0 Å². The number of hydrogen-bond acceptors (Lipinski definition) is 8. The lowest BCUT2D eigenvalue weighted by Gasteiger charge is -2.07. The van der Waals surface area contributed by atoms with Crippen molar-refractivity contribution in [1.29, 1.82) is 0 Å². The minimum Gasteiger partial charge on any atom is -0.512 e. The van der Waals surface area contributed by atoms with Gasteiger partial charge >= 0.3 is 5.97 Å². The molecule has 25 heavy (non-hydrogen) atoms. The van der Waals surface area contributed by atoms with Gasteiger partial charge in [0, 0.05) is 5.69 Å². The standard InChI is InChI=1S/C16H15N5O4/c1-3-25-15(24)13-19-20-16-18-12(17-10-7-5-4-6-8-10)11(9(2)22)14(23)21(13)16/h4-8,22H,3H2,1-2H3,(H,17,18,20)/b11-9+. The molecular formula is C16H15N5O4. The van der Waals surface area contributed by atoms with Crippen molar-refractivity contribution in [2.75, 3.05) is 11.9 Å². The molecule has 0 aliphatic carbocycles. The topological polar surface area (TPSA) is 119 Å². The van der Waals surface area contributed by atoms with Crippen LogP contribution in [0.2, 0.25) is 0 Å². The van der Waals surface area contributed by atoms with Crippen LogP contribution in [0.5, 0.6) is 0 Å². The van der Waals surface area contributed by atoms with Gasteiger partial charge in [0.05, 0.1) is 6.61 Å². The number of para-hydroxylation sites is 1. The second-order valence-corrected chi connectivity index (χ2v) is 5.10. The Labute approximate surface area is 141 Å². The smallest absolute Gasteiger partial charge is 0.377 e. The average molecular weight is 341 g/mol. The Balaban J connectivity index is 2.24. The van der Waals surface area contributed by atoms with Crippen LogP contribution in [0.3, 0.4) is 0 Å². The number of aliphatic hydroxyl groups excluding tert-OH is 1. The summed E-state index contributed by atoms with van der Waals surface area (Å²) in [6.45, 7) is 3.12. The van der Waals surface area contributed by atoms with Crippen LogP contribution in [0.25, 0.3) is 11.5 Å². The zero-order valence-electron chi connectivity index (χ0n) is 13.6. The highest BCUT2D eigenvalue weighted by Gasteiger charge is 2.21. The van der Waals surface area contributed by atoms with Crippen LogP contribution in [-0.4, -0.2) is 37.3 Å². The molecule has 0 aliphatic rings. The number of hydrogen-bond donors (Lipinski definition) is 2. The van der Waals surface area contributed by atoms with E-state index in [9.17, 15) is 14.7 Å². The zero-order chi connectivity index (χ0) is 18.0. The van der Waals surface area contributed by atoms with Crippen molar-refractivity contribution in [3.05, 3.63) is 51.7 Å². The maximum Gasteiger partial charge on any atom is 0.377 e. The molecule has 2 heterocycles. The normalized spacial score (nSPS) is 12.1. The van der Waals surface area contributed by atoms with Crippen LogP contribution in [0.1, 0.15) is 24.5 Å². The summed E-state index contributed by atoms with van der Waals surface area (Å²) in [5.74, 6) is -1.29. The minimum absolute atomic E-state index is 0.0727. The first-order valence-electron chi connectivity index (χ1n) is 7.51. The maximum absolute atomic E-state index is 12.8. The number of nitrogens with one attached hydrogen (secondary N) is 1. The molecule has 9 heteroatoms. The van der Waals surface area contributed by atoms with Crippen LogP contribution in [0.15, 0.2) is 35.1 Å². The van der Waals surface area contributed by atoms with E-state index in [0.717, 1.165) is 4.40 Å². The number of rotatable bonds is 4. The molecule has 0 bridgehead atoms. The van der Waals surface area contributed by atoms with E-state index in [1.165, 1.54) is 6.92 Å². The molecule has 0 amide bonds. The van der Waals surface area contributed by atoms with Crippen molar-refractivity contribution in [3.8, 4) is 0 Å². The number of ether oxygens (including phenoxy) is 1. The van der Waals surface area contributed by atoms with Gasteiger partial charge in [-0.1, -0.05) is 18.2 Å². The van der Waals surface area contributed by atoms with Crippen molar-refractivity contribution >= 4 is 29.0 Å². The molecule has 0 aliphatic heterocycles. The summed E-state index contributed by atoms with van der Waals surface area (Å²) in [5.41, 5.74) is 0.00265. The van der Waals surface area contributed by atoms with Crippen LogP contribution in [0.4, 0.5) is 11.5 Å². The predicted octanol–water partition coefficient (Wildman–Crippen LogP) is 0.810. The molecule has 9 nitrogen and oxygen atoms in total. The molecule has 128 valence electrons. The predicted molar refractivity (Wildman–Crippen MR) is 89.7 cm³/mol. The van der Waals surface area contributed by atoms with Crippen LogP contribution < -0.4 is 16.1 Å². The molecule has 2 aromatic heterocycles. The van der Waals surface area contributed by atoms with E-state index in [-0.39, 0.29) is 35.0 Å². The summed E-state index contributed by atoms with van der Waals surface area (Å²) in [4.78, 5) is 28.9. The van der Waals surface area contributed by atoms with Crippen molar-refractivity contribution in [2.24, 2.45) is 0 Å². The van der Waals surface area contributed by atoms with Gasteiger partial charge in [0.15, 0.2) is 5.82 Å². The van der Waals surface area contributed by atoms with Gasteiger partial charge in [0.25, 0.3) is 17.2 Å². The summed E-state index contributed by atoms with van der Waals surface area (Å²) in [5, 5.41) is 20.3. The van der Waals surface area contributed by atoms with Gasteiger partial charge in [-0.15, -0.1) is 10.2 Å². The zero-order valence-corrected chi connectivity index (χ0v) is 13.6. The first kappa shape index (κ1) is 16.4. The first-order chi connectivity index (χ1) is 12.0. The molecule has 3 aromatic rings. The number of benzene rings is 1. The van der Waals surface area contributed by atoms with E-state index in [0.29, 0.717) is 5.69 Å². The SMILES string of the molecule is CCOC(=O)c1nnc2nc(Nc3ccccc3)/c(=C(/C)O)c(=O)n12. The number of carbonyl (C=O) groups is 1. The van der Waals surface area contributed by atoms with Gasteiger partial charge in [0.2, 0.25) is 0 Å². The largest absolute Gasteiger partial charge is 0.512 e. The summed E-state index contributed by atoms with van der Waals surface area (Å²) in [6.07, 6.45) is 0. The lowest BCUT2D eigenvalue weighted by Crippen LogP contribution is -2.37. The molecular weight excluding hydrogens is 326 g/mol. The van der Waals surface area contributed by atoms with Crippen molar-refractivity contribution in [1.82, 2.24) is 19.6 Å². The van der Waals surface area contributed by atoms with Gasteiger partial charge in [-0.25, -0.2) is 9.20 Å². The number of esters is 1. The fraction of sp³-hybridized carbons (Fsp3) is 0.188. The number of aliphatic hydroxyl groups is 1. The second-order valence-electron chi connectivity index (χ2n) is 5.10. The second kappa shape index (κ2) is 6.56. The molecule has 3 rings (SSSR count). The minimum atomic E-state index is -0.792. The number of nitrogens with zero attached hydrogens (tertiary/aromatic N) is 4. The summed E-state index contributed by atoms with van der Waals surface area (Å²) < 4.78 is 5.78. The van der Waals surface area contributed by atoms with Gasteiger partial charge in [-0.05, 0) is 26.0 Å². The Morgan fingerprint density at radius 1 is 1.28 bits per heavy atom. The molecule has 0 atom stereocenters. The lowest BCUT2D eigenvalue weighted by atomic mass is 10.3. The van der Waals surface area contributed by atoms with Crippen molar-refractivity contribution in [3.63, 3.8) is 0 Å². The number of anilines is 2. The Hall–Kier alpha value is -3.49. The Morgan fingerprint density at radius 3 is 2.64 bits per heavy atom. The third kappa shape index (κ3) is 2.99. The van der Waals surface area contributed by atoms with Gasteiger partial charge in [-0.3, -0.25) is 4.79 Å². The molecule has 2 N–H and O–H groups in total. The third-order valence-corrected chi connectivity index (χ3v) is 3.37. The van der Waals surface area contributed by atoms with E-state index >= 15 is 0 Å². The number of aromatic nitrogens is 4. The van der Waals surface area contributed by atoms with Crippen LogP contribution in [0, 0.1) is 0 Å². The van der Waals surface area contributed by atoms with E-state index in [2.05, 4.69) is 20.5 Å².